The Morgan fingerprint density at radius 1 is 1.54 bits per heavy atom. The van der Waals surface area contributed by atoms with Crippen molar-refractivity contribution in [3.05, 3.63) is 0 Å². The van der Waals surface area contributed by atoms with Crippen LogP contribution in [0.15, 0.2) is 0 Å². The first kappa shape index (κ1) is 9.44. The molecule has 3 nitrogen and oxygen atoms in total. The lowest BCUT2D eigenvalue weighted by molar-refractivity contribution is 0.165. The van der Waals surface area contributed by atoms with Crippen LogP contribution < -0.4 is 5.32 Å². The van der Waals surface area contributed by atoms with Crippen molar-refractivity contribution in [1.29, 1.82) is 0 Å². The van der Waals surface area contributed by atoms with Crippen molar-refractivity contribution in [2.24, 2.45) is 11.8 Å². The Labute approximate surface area is 79.5 Å². The third kappa shape index (κ3) is 1.87. The van der Waals surface area contributed by atoms with Gasteiger partial charge in [-0.25, -0.2) is 0 Å². The molecule has 0 aromatic carbocycles. The molecule has 2 aliphatic heterocycles. The van der Waals surface area contributed by atoms with Crippen LogP contribution in [0.1, 0.15) is 19.8 Å². The van der Waals surface area contributed by atoms with Crippen LogP contribution in [0.4, 0.5) is 0 Å². The quantitative estimate of drug-likeness (QED) is 0.653. The normalized spacial score (nSPS) is 45.7. The molecule has 2 saturated heterocycles. The highest BCUT2D eigenvalue weighted by molar-refractivity contribution is 4.95. The van der Waals surface area contributed by atoms with Crippen molar-refractivity contribution in [3.8, 4) is 0 Å². The van der Waals surface area contributed by atoms with Crippen molar-refractivity contribution in [3.63, 3.8) is 0 Å². The summed E-state index contributed by atoms with van der Waals surface area (Å²) in [4.78, 5) is 0. The van der Waals surface area contributed by atoms with Gasteiger partial charge in [0.25, 0.3) is 0 Å². The van der Waals surface area contributed by atoms with Crippen LogP contribution in [-0.4, -0.2) is 37.0 Å². The number of hydrogen-bond donors (Lipinski definition) is 2. The summed E-state index contributed by atoms with van der Waals surface area (Å²) in [6.07, 6.45) is 2.30. The molecule has 13 heavy (non-hydrogen) atoms. The highest BCUT2D eigenvalue weighted by Crippen LogP contribution is 2.33. The zero-order chi connectivity index (χ0) is 9.31. The van der Waals surface area contributed by atoms with Gasteiger partial charge in [0.05, 0.1) is 6.61 Å². The van der Waals surface area contributed by atoms with E-state index in [2.05, 4.69) is 12.2 Å². The first-order valence-electron chi connectivity index (χ1n) is 5.17. The summed E-state index contributed by atoms with van der Waals surface area (Å²) in [7, 11) is 0. The van der Waals surface area contributed by atoms with Crippen molar-refractivity contribution < 1.29 is 9.84 Å². The Balaban J connectivity index is 1.90. The Bertz CT molecular complexity index is 180. The minimum Gasteiger partial charge on any atom is -0.394 e. The fourth-order valence-electron chi connectivity index (χ4n) is 2.48. The van der Waals surface area contributed by atoms with E-state index in [1.807, 2.05) is 0 Å². The highest BCUT2D eigenvalue weighted by atomic mass is 16.5. The Hall–Kier alpha value is -0.120. The van der Waals surface area contributed by atoms with Crippen molar-refractivity contribution in [1.82, 2.24) is 5.32 Å². The molecular weight excluding hydrogens is 166 g/mol. The average Bonchev–Trinajstić information content (AvgIpc) is 2.73. The van der Waals surface area contributed by atoms with Gasteiger partial charge in [0.2, 0.25) is 0 Å². The first-order valence-corrected chi connectivity index (χ1v) is 5.17. The lowest BCUT2D eigenvalue weighted by Crippen LogP contribution is -2.39. The van der Waals surface area contributed by atoms with Crippen molar-refractivity contribution >= 4 is 0 Å². The Kier molecular flexibility index (Phi) is 2.58. The van der Waals surface area contributed by atoms with E-state index in [-0.39, 0.29) is 12.1 Å². The molecular formula is C10H19NO2. The molecule has 0 amide bonds. The highest BCUT2D eigenvalue weighted by Gasteiger charge is 2.38. The molecule has 2 aliphatic rings. The molecule has 2 fully saturated rings. The fraction of sp³-hybridized carbons (Fsp3) is 1.00. The minimum absolute atomic E-state index is 0.0345. The first-order chi connectivity index (χ1) is 6.23. The summed E-state index contributed by atoms with van der Waals surface area (Å²) >= 11 is 0. The minimum atomic E-state index is -0.0345. The van der Waals surface area contributed by atoms with Crippen LogP contribution >= 0.6 is 0 Å². The van der Waals surface area contributed by atoms with E-state index in [0.29, 0.717) is 5.92 Å². The summed E-state index contributed by atoms with van der Waals surface area (Å²) in [5.74, 6) is 1.43. The molecule has 0 aromatic heterocycles. The number of hydrogen-bond acceptors (Lipinski definition) is 3. The standard InChI is InChI=1S/C10H19NO2/c1-10(7-12)4-9(5-11-10)8-2-3-13-6-8/h8-9,11-12H,2-7H2,1H3. The van der Waals surface area contributed by atoms with Gasteiger partial charge in [-0.2, -0.15) is 0 Å². The van der Waals surface area contributed by atoms with Gasteiger partial charge in [0.15, 0.2) is 0 Å². The van der Waals surface area contributed by atoms with E-state index in [4.69, 9.17) is 4.74 Å². The maximum Gasteiger partial charge on any atom is 0.0610 e. The summed E-state index contributed by atoms with van der Waals surface area (Å²) < 4.78 is 5.38. The number of ether oxygens (including phenoxy) is 1. The second-order valence-electron chi connectivity index (χ2n) is 4.69. The monoisotopic (exact) mass is 185 g/mol. The molecule has 3 heteroatoms. The van der Waals surface area contributed by atoms with E-state index in [9.17, 15) is 5.11 Å². The van der Waals surface area contributed by atoms with Crippen molar-refractivity contribution in [2.45, 2.75) is 25.3 Å². The van der Waals surface area contributed by atoms with E-state index in [0.717, 1.165) is 32.1 Å². The van der Waals surface area contributed by atoms with E-state index < -0.39 is 0 Å². The van der Waals surface area contributed by atoms with Crippen LogP contribution in [0.3, 0.4) is 0 Å². The smallest absolute Gasteiger partial charge is 0.0610 e. The van der Waals surface area contributed by atoms with Crippen LogP contribution in [0, 0.1) is 11.8 Å². The third-order valence-electron chi connectivity index (χ3n) is 3.48. The second kappa shape index (κ2) is 3.56. The summed E-state index contributed by atoms with van der Waals surface area (Å²) in [5, 5.41) is 12.6. The van der Waals surface area contributed by atoms with Crippen LogP contribution in [0.5, 0.6) is 0 Å². The van der Waals surface area contributed by atoms with Crippen LogP contribution in [-0.2, 0) is 4.74 Å². The number of rotatable bonds is 2. The van der Waals surface area contributed by atoms with Gasteiger partial charge < -0.3 is 15.2 Å². The number of aliphatic hydroxyl groups is 1. The van der Waals surface area contributed by atoms with Gasteiger partial charge in [-0.1, -0.05) is 0 Å². The molecule has 2 rings (SSSR count). The van der Waals surface area contributed by atoms with E-state index >= 15 is 0 Å². The fourth-order valence-corrected chi connectivity index (χ4v) is 2.48. The van der Waals surface area contributed by atoms with Crippen LogP contribution in [0.2, 0.25) is 0 Å². The maximum atomic E-state index is 9.19. The molecule has 0 spiro atoms. The number of nitrogens with one attached hydrogen (secondary N) is 1. The zero-order valence-electron chi connectivity index (χ0n) is 8.25. The van der Waals surface area contributed by atoms with E-state index in [1.54, 1.807) is 0 Å². The van der Waals surface area contributed by atoms with Crippen LogP contribution in [0.25, 0.3) is 0 Å². The molecule has 0 bridgehead atoms. The predicted molar refractivity (Wildman–Crippen MR) is 50.5 cm³/mol. The third-order valence-corrected chi connectivity index (χ3v) is 3.48. The van der Waals surface area contributed by atoms with Gasteiger partial charge in [-0.15, -0.1) is 0 Å². The average molecular weight is 185 g/mol. The second-order valence-corrected chi connectivity index (χ2v) is 4.69. The largest absolute Gasteiger partial charge is 0.394 e. The molecule has 0 aliphatic carbocycles. The van der Waals surface area contributed by atoms with E-state index in [1.165, 1.54) is 6.42 Å². The summed E-state index contributed by atoms with van der Waals surface area (Å²) in [6, 6.07) is 0. The topological polar surface area (TPSA) is 41.5 Å². The molecule has 2 heterocycles. The maximum absolute atomic E-state index is 9.19. The molecule has 3 atom stereocenters. The van der Waals surface area contributed by atoms with Gasteiger partial charge in [0.1, 0.15) is 0 Å². The van der Waals surface area contributed by atoms with Gasteiger partial charge in [-0.3, -0.25) is 0 Å². The molecule has 0 aromatic rings. The molecule has 2 N–H and O–H groups in total. The lowest BCUT2D eigenvalue weighted by atomic mass is 9.86. The lowest BCUT2D eigenvalue weighted by Gasteiger charge is -2.22. The van der Waals surface area contributed by atoms with Gasteiger partial charge in [0, 0.05) is 18.8 Å². The van der Waals surface area contributed by atoms with Gasteiger partial charge in [-0.05, 0) is 38.1 Å². The SMILES string of the molecule is CC1(CO)CC(C2CCOC2)CN1. The number of aliphatic hydroxyl groups excluding tert-OH is 1. The van der Waals surface area contributed by atoms with Crippen molar-refractivity contribution in [2.75, 3.05) is 26.4 Å². The Morgan fingerprint density at radius 3 is 2.92 bits per heavy atom. The summed E-state index contributed by atoms with van der Waals surface area (Å²) in [5.41, 5.74) is -0.0345. The molecule has 0 radical (unpaired) electrons. The summed E-state index contributed by atoms with van der Waals surface area (Å²) in [6.45, 7) is 5.25. The molecule has 76 valence electrons. The molecule has 3 unspecified atom stereocenters. The van der Waals surface area contributed by atoms with Gasteiger partial charge >= 0.3 is 0 Å². The predicted octanol–water partition coefficient (Wildman–Crippen LogP) is 0.383. The zero-order valence-corrected chi connectivity index (χ0v) is 8.25. The Morgan fingerprint density at radius 2 is 2.38 bits per heavy atom. The molecule has 0 saturated carbocycles.